The number of carboxylic acids is 1. The van der Waals surface area contributed by atoms with Gasteiger partial charge in [0, 0.05) is 32.3 Å². The third-order valence-electron chi connectivity index (χ3n) is 2.82. The number of hydrogen-bond donors (Lipinski definition) is 1. The molecule has 0 amide bonds. The number of aromatic carboxylic acids is 1. The van der Waals surface area contributed by atoms with E-state index in [1.165, 1.54) is 19.2 Å². The van der Waals surface area contributed by atoms with Gasteiger partial charge in [-0.05, 0) is 6.07 Å². The van der Waals surface area contributed by atoms with Gasteiger partial charge in [0.25, 0.3) is 5.69 Å². The maximum atomic E-state index is 11.3. The van der Waals surface area contributed by atoms with Crippen molar-refractivity contribution in [3.8, 4) is 6.07 Å². The molecule has 1 N–H and O–H groups in total. The minimum absolute atomic E-state index is 0.0466. The molecule has 0 heterocycles. The zero-order valence-electron chi connectivity index (χ0n) is 11.5. The van der Waals surface area contributed by atoms with E-state index in [1.54, 1.807) is 4.90 Å². The Morgan fingerprint density at radius 2 is 2.24 bits per heavy atom. The predicted octanol–water partition coefficient (Wildman–Crippen LogP) is 1.66. The van der Waals surface area contributed by atoms with Gasteiger partial charge in [0.05, 0.1) is 35.3 Å². The number of nitriles is 1. The molecule has 0 aliphatic rings. The molecule has 8 heteroatoms. The number of carbonyl (C=O) groups is 1. The minimum atomic E-state index is -1.18. The number of non-ortho nitro benzene ring substituents is 1. The second kappa shape index (κ2) is 7.81. The lowest BCUT2D eigenvalue weighted by molar-refractivity contribution is -0.384. The highest BCUT2D eigenvalue weighted by Gasteiger charge is 2.19. The first-order valence-corrected chi connectivity index (χ1v) is 6.13. The fraction of sp³-hybridized carbons (Fsp3) is 0.385. The Kier molecular flexibility index (Phi) is 6.10. The molecule has 0 saturated heterocycles. The minimum Gasteiger partial charge on any atom is -0.478 e. The summed E-state index contributed by atoms with van der Waals surface area (Å²) in [4.78, 5) is 23.1. The number of benzene rings is 1. The highest BCUT2D eigenvalue weighted by molar-refractivity contribution is 5.95. The zero-order chi connectivity index (χ0) is 15.8. The molecule has 0 aliphatic carbocycles. The van der Waals surface area contributed by atoms with E-state index in [1.807, 2.05) is 6.07 Å². The Bertz CT molecular complexity index is 567. The first kappa shape index (κ1) is 16.4. The fourth-order valence-electron chi connectivity index (χ4n) is 1.82. The quantitative estimate of drug-likeness (QED) is 0.572. The van der Waals surface area contributed by atoms with Crippen LogP contribution in [0, 0.1) is 21.4 Å². The van der Waals surface area contributed by atoms with Crippen molar-refractivity contribution < 1.29 is 19.6 Å². The van der Waals surface area contributed by atoms with Crippen molar-refractivity contribution >= 4 is 17.3 Å². The van der Waals surface area contributed by atoms with Gasteiger partial charge in [-0.3, -0.25) is 10.1 Å². The first-order valence-electron chi connectivity index (χ1n) is 6.13. The zero-order valence-corrected chi connectivity index (χ0v) is 11.5. The molecule has 0 spiro atoms. The van der Waals surface area contributed by atoms with Gasteiger partial charge in [0.1, 0.15) is 0 Å². The highest BCUT2D eigenvalue weighted by atomic mass is 16.6. The van der Waals surface area contributed by atoms with Crippen LogP contribution in [0.4, 0.5) is 11.4 Å². The maximum absolute atomic E-state index is 11.3. The monoisotopic (exact) mass is 293 g/mol. The molecule has 0 aliphatic heterocycles. The molecule has 0 aromatic heterocycles. The summed E-state index contributed by atoms with van der Waals surface area (Å²) in [5.74, 6) is -1.18. The van der Waals surface area contributed by atoms with E-state index in [2.05, 4.69) is 0 Å². The number of ether oxygens (including phenoxy) is 1. The number of methoxy groups -OCH3 is 1. The summed E-state index contributed by atoms with van der Waals surface area (Å²) in [5.41, 5.74) is -0.0342. The van der Waals surface area contributed by atoms with Gasteiger partial charge in [-0.2, -0.15) is 5.26 Å². The van der Waals surface area contributed by atoms with Gasteiger partial charge in [-0.15, -0.1) is 0 Å². The Balaban J connectivity index is 3.23. The van der Waals surface area contributed by atoms with E-state index >= 15 is 0 Å². The van der Waals surface area contributed by atoms with Crippen LogP contribution in [0.5, 0.6) is 0 Å². The Morgan fingerprint density at radius 3 is 2.76 bits per heavy atom. The van der Waals surface area contributed by atoms with E-state index in [0.29, 0.717) is 13.2 Å². The van der Waals surface area contributed by atoms with Crippen molar-refractivity contribution in [2.75, 3.05) is 31.7 Å². The third-order valence-corrected chi connectivity index (χ3v) is 2.82. The standard InChI is InChI=1S/C13H15N3O5/c1-21-8-7-15(6-2-5-14)12-9-10(16(19)20)3-4-11(12)13(17)18/h3-4,9H,2,6-8H2,1H3,(H,17,18). The normalized spacial score (nSPS) is 9.90. The molecule has 0 bridgehead atoms. The van der Waals surface area contributed by atoms with E-state index in [0.717, 1.165) is 6.07 Å². The van der Waals surface area contributed by atoms with E-state index in [-0.39, 0.29) is 29.9 Å². The topological polar surface area (TPSA) is 117 Å². The molecular weight excluding hydrogens is 278 g/mol. The Morgan fingerprint density at radius 1 is 1.52 bits per heavy atom. The third kappa shape index (κ3) is 4.43. The highest BCUT2D eigenvalue weighted by Crippen LogP contribution is 2.26. The second-order valence-corrected chi connectivity index (χ2v) is 4.15. The molecule has 0 atom stereocenters. The van der Waals surface area contributed by atoms with E-state index in [4.69, 9.17) is 10.00 Å². The lowest BCUT2D eigenvalue weighted by atomic mass is 10.1. The molecule has 112 valence electrons. The number of anilines is 1. The van der Waals surface area contributed by atoms with Crippen molar-refractivity contribution in [2.24, 2.45) is 0 Å². The summed E-state index contributed by atoms with van der Waals surface area (Å²) in [6.45, 7) is 0.911. The van der Waals surface area contributed by atoms with Crippen LogP contribution in [0.1, 0.15) is 16.8 Å². The summed E-state index contributed by atoms with van der Waals surface area (Å²) in [6, 6.07) is 5.51. The van der Waals surface area contributed by atoms with Gasteiger partial charge in [0.2, 0.25) is 0 Å². The molecule has 8 nitrogen and oxygen atoms in total. The van der Waals surface area contributed by atoms with Crippen LogP contribution in [0.15, 0.2) is 18.2 Å². The fourth-order valence-corrected chi connectivity index (χ4v) is 1.82. The molecule has 0 fully saturated rings. The van der Waals surface area contributed by atoms with Gasteiger partial charge < -0.3 is 14.7 Å². The summed E-state index contributed by atoms with van der Waals surface area (Å²) in [6.07, 6.45) is 0.172. The van der Waals surface area contributed by atoms with Gasteiger partial charge >= 0.3 is 5.97 Å². The maximum Gasteiger partial charge on any atom is 0.337 e. The van der Waals surface area contributed by atoms with Crippen LogP contribution in [0.3, 0.4) is 0 Å². The predicted molar refractivity (Wildman–Crippen MR) is 74.4 cm³/mol. The van der Waals surface area contributed by atoms with Crippen molar-refractivity contribution in [1.82, 2.24) is 0 Å². The summed E-state index contributed by atoms with van der Waals surface area (Å²) in [5, 5.41) is 28.7. The van der Waals surface area contributed by atoms with Crippen molar-refractivity contribution in [1.29, 1.82) is 5.26 Å². The van der Waals surface area contributed by atoms with Gasteiger partial charge in [-0.25, -0.2) is 4.79 Å². The van der Waals surface area contributed by atoms with E-state index in [9.17, 15) is 20.0 Å². The Labute approximate surface area is 121 Å². The molecule has 1 aromatic rings. The van der Waals surface area contributed by atoms with Crippen LogP contribution < -0.4 is 4.90 Å². The molecule has 1 aromatic carbocycles. The van der Waals surface area contributed by atoms with E-state index < -0.39 is 10.9 Å². The van der Waals surface area contributed by atoms with Crippen LogP contribution in [0.25, 0.3) is 0 Å². The molecule has 0 unspecified atom stereocenters. The largest absolute Gasteiger partial charge is 0.478 e. The SMILES string of the molecule is COCCN(CCC#N)c1cc([N+](=O)[O-])ccc1C(=O)O. The van der Waals surface area contributed by atoms with Crippen LogP contribution in [-0.2, 0) is 4.74 Å². The number of nitrogens with zero attached hydrogens (tertiary/aromatic N) is 3. The number of nitro groups is 1. The molecule has 0 radical (unpaired) electrons. The summed E-state index contributed by atoms with van der Waals surface area (Å²) < 4.78 is 4.95. The van der Waals surface area contributed by atoms with Gasteiger partial charge in [0.15, 0.2) is 0 Å². The first-order chi connectivity index (χ1) is 10.0. The van der Waals surface area contributed by atoms with Crippen LogP contribution >= 0.6 is 0 Å². The summed E-state index contributed by atoms with van der Waals surface area (Å²) >= 11 is 0. The van der Waals surface area contributed by atoms with Crippen LogP contribution in [0.2, 0.25) is 0 Å². The number of hydrogen-bond acceptors (Lipinski definition) is 6. The molecule has 1 rings (SSSR count). The van der Waals surface area contributed by atoms with Crippen LogP contribution in [-0.4, -0.2) is 42.8 Å². The number of carboxylic acid groups (broad SMARTS) is 1. The second-order valence-electron chi connectivity index (χ2n) is 4.15. The Hall–Kier alpha value is -2.66. The number of nitro benzene ring substituents is 1. The molecular formula is C13H15N3O5. The smallest absolute Gasteiger partial charge is 0.337 e. The summed E-state index contributed by atoms with van der Waals surface area (Å²) in [7, 11) is 1.49. The molecule has 0 saturated carbocycles. The van der Waals surface area contributed by atoms with Crippen molar-refractivity contribution in [3.05, 3.63) is 33.9 Å². The number of rotatable bonds is 8. The van der Waals surface area contributed by atoms with Gasteiger partial charge in [-0.1, -0.05) is 0 Å². The average molecular weight is 293 g/mol. The molecule has 21 heavy (non-hydrogen) atoms. The lowest BCUT2D eigenvalue weighted by Crippen LogP contribution is -2.29. The average Bonchev–Trinajstić information content (AvgIpc) is 2.46. The lowest BCUT2D eigenvalue weighted by Gasteiger charge is -2.24. The van der Waals surface area contributed by atoms with Crippen molar-refractivity contribution in [2.45, 2.75) is 6.42 Å². The van der Waals surface area contributed by atoms with Crippen molar-refractivity contribution in [3.63, 3.8) is 0 Å².